The summed E-state index contributed by atoms with van der Waals surface area (Å²) < 4.78 is 0. The number of carbonyl (C=O) groups is 2. The number of rotatable bonds is 3. The highest BCUT2D eigenvalue weighted by atomic mass is 16.2. The van der Waals surface area contributed by atoms with E-state index in [1.165, 1.54) is 5.56 Å². The van der Waals surface area contributed by atoms with Gasteiger partial charge in [-0.3, -0.25) is 14.5 Å². The van der Waals surface area contributed by atoms with E-state index >= 15 is 0 Å². The molecule has 2 saturated heterocycles. The Bertz CT molecular complexity index is 824. The Labute approximate surface area is 153 Å². The molecule has 0 aliphatic carbocycles. The fourth-order valence-corrected chi connectivity index (χ4v) is 3.93. The Morgan fingerprint density at radius 2 is 1.58 bits per heavy atom. The number of likely N-dealkylation sites (tertiary alicyclic amines) is 1. The van der Waals surface area contributed by atoms with Gasteiger partial charge in [0, 0.05) is 19.6 Å². The lowest BCUT2D eigenvalue weighted by molar-refractivity contribution is -0.145. The van der Waals surface area contributed by atoms with Crippen LogP contribution in [0.25, 0.3) is 0 Å². The molecule has 5 heteroatoms. The van der Waals surface area contributed by atoms with Crippen molar-refractivity contribution < 1.29 is 9.59 Å². The maximum absolute atomic E-state index is 13.0. The lowest BCUT2D eigenvalue weighted by Gasteiger charge is -2.43. The number of benzene rings is 2. The fourth-order valence-electron chi connectivity index (χ4n) is 3.93. The van der Waals surface area contributed by atoms with Crippen LogP contribution in [0.5, 0.6) is 0 Å². The second kappa shape index (κ2) is 6.25. The first kappa shape index (κ1) is 16.8. The summed E-state index contributed by atoms with van der Waals surface area (Å²) in [4.78, 5) is 28.2. The maximum Gasteiger partial charge on any atom is 0.251 e. The quantitative estimate of drug-likeness (QED) is 0.888. The van der Waals surface area contributed by atoms with Crippen molar-refractivity contribution in [1.82, 2.24) is 15.5 Å². The summed E-state index contributed by atoms with van der Waals surface area (Å²) in [7, 11) is 0. The van der Waals surface area contributed by atoms with Crippen molar-refractivity contribution in [2.75, 3.05) is 13.1 Å². The highest BCUT2D eigenvalue weighted by Gasteiger charge is 2.54. The number of piperazine rings is 1. The Hall–Kier alpha value is -2.66. The van der Waals surface area contributed by atoms with Gasteiger partial charge in [-0.2, -0.15) is 0 Å². The summed E-state index contributed by atoms with van der Waals surface area (Å²) in [5.41, 5.74) is 0.136. The van der Waals surface area contributed by atoms with Gasteiger partial charge in [0.05, 0.1) is 0 Å². The standard InChI is InChI=1S/C21H23N3O2/c1-20(17-10-6-3-7-11-17)18(25)23-21(19(26)22-20)12-13-24(15-21)14-16-8-4-2-5-9-16/h2-11H,12-15H2,1H3,(H,22,26)(H,23,25). The second-order valence-corrected chi connectivity index (χ2v) is 7.43. The average molecular weight is 349 g/mol. The van der Waals surface area contributed by atoms with Crippen molar-refractivity contribution in [3.63, 3.8) is 0 Å². The van der Waals surface area contributed by atoms with E-state index in [0.717, 1.165) is 18.7 Å². The van der Waals surface area contributed by atoms with Crippen molar-refractivity contribution >= 4 is 11.8 Å². The van der Waals surface area contributed by atoms with E-state index in [1.807, 2.05) is 48.5 Å². The third-order valence-corrected chi connectivity index (χ3v) is 5.55. The van der Waals surface area contributed by atoms with Crippen LogP contribution in [0, 0.1) is 0 Å². The van der Waals surface area contributed by atoms with E-state index in [-0.39, 0.29) is 11.8 Å². The zero-order valence-corrected chi connectivity index (χ0v) is 14.9. The molecule has 1 spiro atoms. The third-order valence-electron chi connectivity index (χ3n) is 5.55. The number of nitrogens with zero attached hydrogens (tertiary/aromatic N) is 1. The smallest absolute Gasteiger partial charge is 0.251 e. The maximum atomic E-state index is 13.0. The Balaban J connectivity index is 1.51. The van der Waals surface area contributed by atoms with Crippen LogP contribution in [0.2, 0.25) is 0 Å². The summed E-state index contributed by atoms with van der Waals surface area (Å²) in [5, 5.41) is 6.05. The van der Waals surface area contributed by atoms with Gasteiger partial charge in [-0.05, 0) is 24.5 Å². The third kappa shape index (κ3) is 2.78. The largest absolute Gasteiger partial charge is 0.338 e. The molecule has 26 heavy (non-hydrogen) atoms. The molecule has 2 aromatic carbocycles. The molecule has 2 aliphatic rings. The van der Waals surface area contributed by atoms with Gasteiger partial charge in [-0.25, -0.2) is 0 Å². The minimum atomic E-state index is -1.03. The van der Waals surface area contributed by atoms with E-state index in [2.05, 4.69) is 27.7 Å². The van der Waals surface area contributed by atoms with Crippen LogP contribution in [0.3, 0.4) is 0 Å². The highest BCUT2D eigenvalue weighted by Crippen LogP contribution is 2.32. The number of carbonyl (C=O) groups excluding carboxylic acids is 2. The summed E-state index contributed by atoms with van der Waals surface area (Å²) in [5.74, 6) is -0.246. The van der Waals surface area contributed by atoms with E-state index in [4.69, 9.17) is 0 Å². The molecule has 0 saturated carbocycles. The van der Waals surface area contributed by atoms with Gasteiger partial charge in [-0.1, -0.05) is 60.7 Å². The molecular weight excluding hydrogens is 326 g/mol. The summed E-state index contributed by atoms with van der Waals surface area (Å²) in [6.45, 7) is 3.86. The molecular formula is C21H23N3O2. The molecule has 2 N–H and O–H groups in total. The molecule has 2 aromatic rings. The summed E-state index contributed by atoms with van der Waals surface area (Å²) >= 11 is 0. The molecule has 134 valence electrons. The van der Waals surface area contributed by atoms with Gasteiger partial charge in [0.2, 0.25) is 5.91 Å². The molecule has 2 fully saturated rings. The average Bonchev–Trinajstić information content (AvgIpc) is 3.05. The SMILES string of the molecule is CC1(c2ccccc2)NC(=O)C2(CCN(Cc3ccccc3)C2)NC1=O. The van der Waals surface area contributed by atoms with Crippen molar-refractivity contribution in [2.45, 2.75) is 31.0 Å². The lowest BCUT2D eigenvalue weighted by atomic mass is 9.83. The van der Waals surface area contributed by atoms with Gasteiger partial charge in [0.15, 0.2) is 0 Å². The van der Waals surface area contributed by atoms with Crippen LogP contribution in [0.1, 0.15) is 24.5 Å². The second-order valence-electron chi connectivity index (χ2n) is 7.43. The molecule has 2 heterocycles. The molecule has 2 unspecified atom stereocenters. The van der Waals surface area contributed by atoms with E-state index in [9.17, 15) is 9.59 Å². The Morgan fingerprint density at radius 3 is 2.27 bits per heavy atom. The van der Waals surface area contributed by atoms with Gasteiger partial charge < -0.3 is 10.6 Å². The van der Waals surface area contributed by atoms with E-state index in [1.54, 1.807) is 6.92 Å². The first-order valence-corrected chi connectivity index (χ1v) is 8.99. The predicted octanol–water partition coefficient (Wildman–Crippen LogP) is 1.79. The van der Waals surface area contributed by atoms with Crippen molar-refractivity contribution in [3.8, 4) is 0 Å². The molecule has 2 aliphatic heterocycles. The van der Waals surface area contributed by atoms with Crippen LogP contribution >= 0.6 is 0 Å². The minimum Gasteiger partial charge on any atom is -0.338 e. The number of hydrogen-bond acceptors (Lipinski definition) is 3. The Kier molecular flexibility index (Phi) is 4.04. The van der Waals surface area contributed by atoms with Crippen molar-refractivity contribution in [2.24, 2.45) is 0 Å². The van der Waals surface area contributed by atoms with Crippen LogP contribution in [-0.4, -0.2) is 35.3 Å². The normalized spacial score (nSPS) is 28.8. The van der Waals surface area contributed by atoms with Crippen molar-refractivity contribution in [1.29, 1.82) is 0 Å². The monoisotopic (exact) mass is 349 g/mol. The van der Waals surface area contributed by atoms with E-state index in [0.29, 0.717) is 13.0 Å². The predicted molar refractivity (Wildman–Crippen MR) is 99.1 cm³/mol. The summed E-state index contributed by atoms with van der Waals surface area (Å²) in [6, 6.07) is 19.6. The topological polar surface area (TPSA) is 61.4 Å². The van der Waals surface area contributed by atoms with Crippen molar-refractivity contribution in [3.05, 3.63) is 71.8 Å². The van der Waals surface area contributed by atoms with Gasteiger partial charge in [0.25, 0.3) is 5.91 Å². The molecule has 2 atom stereocenters. The molecule has 0 bridgehead atoms. The van der Waals surface area contributed by atoms with Gasteiger partial charge >= 0.3 is 0 Å². The zero-order chi connectivity index (χ0) is 18.2. The molecule has 5 nitrogen and oxygen atoms in total. The fraction of sp³-hybridized carbons (Fsp3) is 0.333. The first-order valence-electron chi connectivity index (χ1n) is 8.99. The number of nitrogens with one attached hydrogen (secondary N) is 2. The summed E-state index contributed by atoms with van der Waals surface area (Å²) in [6.07, 6.45) is 0.627. The number of amides is 2. The van der Waals surface area contributed by atoms with Crippen LogP contribution < -0.4 is 10.6 Å². The Morgan fingerprint density at radius 1 is 0.923 bits per heavy atom. The van der Waals surface area contributed by atoms with Crippen LogP contribution in [-0.2, 0) is 21.7 Å². The number of hydrogen-bond donors (Lipinski definition) is 2. The minimum absolute atomic E-state index is 0.0981. The zero-order valence-electron chi connectivity index (χ0n) is 14.9. The first-order chi connectivity index (χ1) is 12.5. The van der Waals surface area contributed by atoms with Crippen LogP contribution in [0.15, 0.2) is 60.7 Å². The van der Waals surface area contributed by atoms with Crippen LogP contribution in [0.4, 0.5) is 0 Å². The van der Waals surface area contributed by atoms with Gasteiger partial charge in [0.1, 0.15) is 11.1 Å². The molecule has 2 amide bonds. The van der Waals surface area contributed by atoms with Gasteiger partial charge in [-0.15, -0.1) is 0 Å². The molecule has 0 aromatic heterocycles. The highest BCUT2D eigenvalue weighted by molar-refractivity contribution is 6.03. The van der Waals surface area contributed by atoms with E-state index < -0.39 is 11.1 Å². The lowest BCUT2D eigenvalue weighted by Crippen LogP contribution is -2.73. The molecule has 4 rings (SSSR count). The molecule has 0 radical (unpaired) electrons.